The molecule has 21 heavy (non-hydrogen) atoms. The van der Waals surface area contributed by atoms with Gasteiger partial charge in [-0.05, 0) is 48.4 Å². The molecule has 0 spiro atoms. The first-order valence-corrected chi connectivity index (χ1v) is 7.71. The van der Waals surface area contributed by atoms with E-state index in [0.717, 1.165) is 23.6 Å². The van der Waals surface area contributed by atoms with Gasteiger partial charge >= 0.3 is 0 Å². The second-order valence-electron chi connectivity index (χ2n) is 4.84. The molecular formula is C17H19Cl2NO. The van der Waals surface area contributed by atoms with Crippen LogP contribution in [-0.2, 0) is 6.42 Å². The van der Waals surface area contributed by atoms with Crippen molar-refractivity contribution in [3.8, 4) is 5.75 Å². The van der Waals surface area contributed by atoms with Gasteiger partial charge in [-0.25, -0.2) is 0 Å². The summed E-state index contributed by atoms with van der Waals surface area (Å²) in [6.45, 7) is 2.98. The molecule has 0 heterocycles. The van der Waals surface area contributed by atoms with Gasteiger partial charge in [0.05, 0.1) is 12.1 Å². The molecule has 2 aromatic rings. The Bertz CT molecular complexity index is 601. The summed E-state index contributed by atoms with van der Waals surface area (Å²) in [4.78, 5) is 0. The fraction of sp³-hybridized carbons (Fsp3) is 0.294. The average molecular weight is 324 g/mol. The van der Waals surface area contributed by atoms with Gasteiger partial charge in [-0.15, -0.1) is 0 Å². The highest BCUT2D eigenvalue weighted by Gasteiger charge is 2.13. The number of nitrogens with one attached hydrogen (secondary N) is 1. The van der Waals surface area contributed by atoms with E-state index in [9.17, 15) is 0 Å². The number of benzene rings is 2. The fourth-order valence-electron chi connectivity index (χ4n) is 2.35. The van der Waals surface area contributed by atoms with Crippen molar-refractivity contribution in [3.05, 3.63) is 63.6 Å². The van der Waals surface area contributed by atoms with E-state index >= 15 is 0 Å². The standard InChI is InChI=1S/C17H19Cl2NO/c1-3-20-16(10-12-5-4-6-14(18)9-12)13-7-8-15(19)17(11-13)21-2/h4-9,11,16,20H,3,10H2,1-2H3. The molecule has 0 aliphatic heterocycles. The molecule has 0 aromatic heterocycles. The summed E-state index contributed by atoms with van der Waals surface area (Å²) < 4.78 is 5.30. The molecule has 4 heteroatoms. The first-order chi connectivity index (χ1) is 10.1. The van der Waals surface area contributed by atoms with Crippen LogP contribution in [0.25, 0.3) is 0 Å². The molecule has 0 saturated carbocycles. The van der Waals surface area contributed by atoms with E-state index in [1.807, 2.05) is 36.4 Å². The smallest absolute Gasteiger partial charge is 0.137 e. The number of methoxy groups -OCH3 is 1. The van der Waals surface area contributed by atoms with Gasteiger partial charge in [0.25, 0.3) is 0 Å². The Hall–Kier alpha value is -1.22. The van der Waals surface area contributed by atoms with E-state index in [4.69, 9.17) is 27.9 Å². The number of likely N-dealkylation sites (N-methyl/N-ethyl adjacent to an activating group) is 1. The van der Waals surface area contributed by atoms with E-state index in [1.54, 1.807) is 7.11 Å². The van der Waals surface area contributed by atoms with Gasteiger partial charge < -0.3 is 10.1 Å². The summed E-state index contributed by atoms with van der Waals surface area (Å²) in [6.07, 6.45) is 0.860. The maximum absolute atomic E-state index is 6.10. The summed E-state index contributed by atoms with van der Waals surface area (Å²) in [5.41, 5.74) is 2.35. The van der Waals surface area contributed by atoms with E-state index in [2.05, 4.69) is 18.3 Å². The number of rotatable bonds is 6. The van der Waals surface area contributed by atoms with Crippen LogP contribution in [0.4, 0.5) is 0 Å². The Kier molecular flexibility index (Phi) is 5.92. The van der Waals surface area contributed by atoms with Crippen LogP contribution in [0.5, 0.6) is 5.75 Å². The van der Waals surface area contributed by atoms with Crippen molar-refractivity contribution in [2.75, 3.05) is 13.7 Å². The van der Waals surface area contributed by atoms with E-state index < -0.39 is 0 Å². The maximum atomic E-state index is 6.10. The topological polar surface area (TPSA) is 21.3 Å². The van der Waals surface area contributed by atoms with E-state index in [1.165, 1.54) is 5.56 Å². The number of ether oxygens (including phenoxy) is 1. The SMILES string of the molecule is CCNC(Cc1cccc(Cl)c1)c1ccc(Cl)c(OC)c1. The largest absolute Gasteiger partial charge is 0.495 e. The second-order valence-corrected chi connectivity index (χ2v) is 5.68. The van der Waals surface area contributed by atoms with Gasteiger partial charge in [-0.1, -0.05) is 48.3 Å². The summed E-state index contributed by atoms with van der Waals surface area (Å²) in [5, 5.41) is 4.88. The fourth-order valence-corrected chi connectivity index (χ4v) is 2.75. The molecule has 1 unspecified atom stereocenters. The molecule has 2 rings (SSSR count). The lowest BCUT2D eigenvalue weighted by Gasteiger charge is -2.19. The normalized spacial score (nSPS) is 12.2. The van der Waals surface area contributed by atoms with Crippen molar-refractivity contribution < 1.29 is 4.74 Å². The van der Waals surface area contributed by atoms with Crippen LogP contribution >= 0.6 is 23.2 Å². The molecule has 2 nitrogen and oxygen atoms in total. The predicted octanol–water partition coefficient (Wildman–Crippen LogP) is 4.90. The zero-order chi connectivity index (χ0) is 15.2. The van der Waals surface area contributed by atoms with Crippen LogP contribution < -0.4 is 10.1 Å². The number of hydrogen-bond donors (Lipinski definition) is 1. The van der Waals surface area contributed by atoms with Gasteiger partial charge in [-0.2, -0.15) is 0 Å². The van der Waals surface area contributed by atoms with Gasteiger partial charge in [0.2, 0.25) is 0 Å². The zero-order valence-electron chi connectivity index (χ0n) is 12.2. The summed E-state index contributed by atoms with van der Waals surface area (Å²) in [7, 11) is 1.63. The third-order valence-corrected chi connectivity index (χ3v) is 3.90. The highest BCUT2D eigenvalue weighted by Crippen LogP contribution is 2.29. The minimum Gasteiger partial charge on any atom is -0.495 e. The Morgan fingerprint density at radius 3 is 2.62 bits per heavy atom. The number of halogens is 2. The highest BCUT2D eigenvalue weighted by molar-refractivity contribution is 6.32. The molecular weight excluding hydrogens is 305 g/mol. The summed E-state index contributed by atoms with van der Waals surface area (Å²) in [5.74, 6) is 0.697. The molecule has 0 bridgehead atoms. The van der Waals surface area contributed by atoms with Crippen LogP contribution in [0.2, 0.25) is 10.0 Å². The zero-order valence-corrected chi connectivity index (χ0v) is 13.7. The molecule has 0 amide bonds. The van der Waals surface area contributed by atoms with Crippen molar-refractivity contribution in [2.24, 2.45) is 0 Å². The molecule has 112 valence electrons. The lowest BCUT2D eigenvalue weighted by atomic mass is 9.98. The average Bonchev–Trinajstić information content (AvgIpc) is 2.47. The van der Waals surface area contributed by atoms with Crippen molar-refractivity contribution >= 4 is 23.2 Å². The quantitative estimate of drug-likeness (QED) is 0.816. The van der Waals surface area contributed by atoms with Crippen molar-refractivity contribution in [1.82, 2.24) is 5.32 Å². The lowest BCUT2D eigenvalue weighted by Crippen LogP contribution is -2.23. The van der Waals surface area contributed by atoms with Crippen LogP contribution in [0.1, 0.15) is 24.1 Å². The highest BCUT2D eigenvalue weighted by atomic mass is 35.5. The molecule has 2 aromatic carbocycles. The van der Waals surface area contributed by atoms with Gasteiger partial charge in [-0.3, -0.25) is 0 Å². The summed E-state index contributed by atoms with van der Waals surface area (Å²) in [6, 6.07) is 14.0. The van der Waals surface area contributed by atoms with Gasteiger partial charge in [0.1, 0.15) is 5.75 Å². The van der Waals surface area contributed by atoms with Crippen LogP contribution in [0.15, 0.2) is 42.5 Å². The summed E-state index contributed by atoms with van der Waals surface area (Å²) >= 11 is 12.2. The third-order valence-electron chi connectivity index (χ3n) is 3.36. The van der Waals surface area contributed by atoms with Crippen LogP contribution in [-0.4, -0.2) is 13.7 Å². The van der Waals surface area contributed by atoms with Crippen molar-refractivity contribution in [3.63, 3.8) is 0 Å². The molecule has 0 fully saturated rings. The Morgan fingerprint density at radius 2 is 1.95 bits per heavy atom. The second kappa shape index (κ2) is 7.69. The van der Waals surface area contributed by atoms with Crippen molar-refractivity contribution in [2.45, 2.75) is 19.4 Å². The Balaban J connectivity index is 2.26. The van der Waals surface area contributed by atoms with E-state index in [0.29, 0.717) is 10.8 Å². The molecule has 1 N–H and O–H groups in total. The first-order valence-electron chi connectivity index (χ1n) is 6.95. The van der Waals surface area contributed by atoms with Crippen molar-refractivity contribution in [1.29, 1.82) is 0 Å². The lowest BCUT2D eigenvalue weighted by molar-refractivity contribution is 0.413. The molecule has 0 radical (unpaired) electrons. The minimum absolute atomic E-state index is 0.194. The number of hydrogen-bond acceptors (Lipinski definition) is 2. The maximum Gasteiger partial charge on any atom is 0.137 e. The molecule has 0 aliphatic rings. The van der Waals surface area contributed by atoms with Gasteiger partial charge in [0, 0.05) is 11.1 Å². The molecule has 1 atom stereocenters. The van der Waals surface area contributed by atoms with Gasteiger partial charge in [0.15, 0.2) is 0 Å². The van der Waals surface area contributed by atoms with Crippen LogP contribution in [0.3, 0.4) is 0 Å². The van der Waals surface area contributed by atoms with E-state index in [-0.39, 0.29) is 6.04 Å². The Morgan fingerprint density at radius 1 is 1.14 bits per heavy atom. The van der Waals surface area contributed by atoms with Crippen LogP contribution in [0, 0.1) is 0 Å². The minimum atomic E-state index is 0.194. The first kappa shape index (κ1) is 16.2. The Labute approximate surface area is 136 Å². The third kappa shape index (κ3) is 4.37. The monoisotopic (exact) mass is 323 g/mol. The molecule has 0 aliphatic carbocycles. The molecule has 0 saturated heterocycles. The predicted molar refractivity (Wildman–Crippen MR) is 89.6 cm³/mol.